The number of imidazole rings is 1. The van der Waals surface area contributed by atoms with Gasteiger partial charge in [-0.15, -0.1) is 0 Å². The molecule has 1 aromatic heterocycles. The van der Waals surface area contributed by atoms with Gasteiger partial charge in [-0.3, -0.25) is 0 Å². The minimum absolute atomic E-state index is 0.303. The lowest BCUT2D eigenvalue weighted by molar-refractivity contribution is 0.0602. The van der Waals surface area contributed by atoms with Gasteiger partial charge in [0.1, 0.15) is 6.04 Å². The smallest absolute Gasteiger partial charge is 0.339 e. The first-order valence-corrected chi connectivity index (χ1v) is 9.90. The normalized spacial score (nSPS) is 15.5. The van der Waals surface area contributed by atoms with Gasteiger partial charge >= 0.3 is 12.0 Å². The summed E-state index contributed by atoms with van der Waals surface area (Å²) in [6.45, 7) is 0.516. The van der Waals surface area contributed by atoms with Crippen LogP contribution in [-0.4, -0.2) is 40.5 Å². The first kappa shape index (κ1) is 19.2. The van der Waals surface area contributed by atoms with E-state index in [4.69, 9.17) is 4.74 Å². The second-order valence-electron chi connectivity index (χ2n) is 6.63. The maximum absolute atomic E-state index is 13.2. The number of esters is 1. The molecular formula is C21H19BrN4O3. The zero-order valence-electron chi connectivity index (χ0n) is 15.7. The van der Waals surface area contributed by atoms with Crippen molar-refractivity contribution in [3.63, 3.8) is 0 Å². The summed E-state index contributed by atoms with van der Waals surface area (Å²) in [6.07, 6.45) is 2.33. The summed E-state index contributed by atoms with van der Waals surface area (Å²) in [5.41, 5.74) is 3.53. The number of aromatic amines is 1. The molecule has 2 aromatic carbocycles. The Morgan fingerprint density at radius 3 is 2.72 bits per heavy atom. The highest BCUT2D eigenvalue weighted by atomic mass is 79.9. The minimum atomic E-state index is -0.501. The highest BCUT2D eigenvalue weighted by Crippen LogP contribution is 2.34. The Labute approximate surface area is 176 Å². The van der Waals surface area contributed by atoms with Crippen molar-refractivity contribution >= 4 is 33.6 Å². The number of carbonyl (C=O) groups excluding carboxylic acids is 2. The van der Waals surface area contributed by atoms with Crippen molar-refractivity contribution in [2.24, 2.45) is 0 Å². The molecule has 148 valence electrons. The third kappa shape index (κ3) is 3.75. The number of H-pyrrole nitrogens is 1. The number of hydrogen-bond acceptors (Lipinski definition) is 4. The largest absolute Gasteiger partial charge is 0.465 e. The van der Waals surface area contributed by atoms with E-state index in [0.717, 1.165) is 21.4 Å². The van der Waals surface area contributed by atoms with E-state index in [1.165, 1.54) is 7.11 Å². The minimum Gasteiger partial charge on any atom is -0.465 e. The summed E-state index contributed by atoms with van der Waals surface area (Å²) in [5, 5.41) is 2.87. The van der Waals surface area contributed by atoms with E-state index < -0.39 is 5.97 Å². The van der Waals surface area contributed by atoms with E-state index >= 15 is 0 Å². The van der Waals surface area contributed by atoms with Crippen molar-refractivity contribution in [2.45, 2.75) is 12.5 Å². The average Bonchev–Trinajstić information content (AvgIpc) is 3.22. The van der Waals surface area contributed by atoms with Crippen molar-refractivity contribution in [1.82, 2.24) is 14.9 Å². The van der Waals surface area contributed by atoms with Gasteiger partial charge < -0.3 is 19.9 Å². The van der Waals surface area contributed by atoms with Crippen molar-refractivity contribution in [2.75, 3.05) is 19.0 Å². The van der Waals surface area contributed by atoms with Crippen LogP contribution < -0.4 is 5.32 Å². The summed E-state index contributed by atoms with van der Waals surface area (Å²) in [5.74, 6) is -0.501. The van der Waals surface area contributed by atoms with Crippen LogP contribution in [0.4, 0.5) is 10.5 Å². The number of nitrogens with one attached hydrogen (secondary N) is 2. The highest BCUT2D eigenvalue weighted by molar-refractivity contribution is 9.10. The molecular weight excluding hydrogens is 436 g/mol. The lowest BCUT2D eigenvalue weighted by Gasteiger charge is -2.35. The maximum Gasteiger partial charge on any atom is 0.339 e. The van der Waals surface area contributed by atoms with Gasteiger partial charge in [0.25, 0.3) is 0 Å². The van der Waals surface area contributed by atoms with Crippen molar-refractivity contribution in [1.29, 1.82) is 0 Å². The molecule has 0 unspecified atom stereocenters. The summed E-state index contributed by atoms with van der Waals surface area (Å²) in [4.78, 5) is 34.6. The van der Waals surface area contributed by atoms with E-state index in [1.807, 2.05) is 24.3 Å². The lowest BCUT2D eigenvalue weighted by atomic mass is 9.96. The number of anilines is 1. The predicted molar refractivity (Wildman–Crippen MR) is 112 cm³/mol. The van der Waals surface area contributed by atoms with E-state index in [0.29, 0.717) is 24.2 Å². The zero-order valence-corrected chi connectivity index (χ0v) is 17.3. The number of para-hydroxylation sites is 1. The summed E-state index contributed by atoms with van der Waals surface area (Å²) in [7, 11) is 1.31. The Bertz CT molecular complexity index is 1050. The van der Waals surface area contributed by atoms with Gasteiger partial charge in [-0.2, -0.15) is 0 Å². The molecule has 0 spiro atoms. The van der Waals surface area contributed by atoms with E-state index in [-0.39, 0.29) is 12.1 Å². The summed E-state index contributed by atoms with van der Waals surface area (Å²) in [6, 6.07) is 14.0. The van der Waals surface area contributed by atoms with Crippen LogP contribution in [0.5, 0.6) is 0 Å². The molecule has 2 heterocycles. The van der Waals surface area contributed by atoms with Gasteiger partial charge in [-0.05, 0) is 29.8 Å². The Kier molecular flexibility index (Phi) is 5.35. The first-order valence-electron chi connectivity index (χ1n) is 9.11. The molecule has 1 aliphatic rings. The molecule has 0 bridgehead atoms. The van der Waals surface area contributed by atoms with Gasteiger partial charge in [-0.1, -0.05) is 40.2 Å². The third-order valence-corrected chi connectivity index (χ3v) is 5.47. The number of ether oxygens (including phenoxy) is 1. The van der Waals surface area contributed by atoms with Gasteiger partial charge in [0.15, 0.2) is 0 Å². The van der Waals surface area contributed by atoms with Gasteiger partial charge in [0.05, 0.1) is 30.4 Å². The quantitative estimate of drug-likeness (QED) is 0.582. The van der Waals surface area contributed by atoms with Crippen LogP contribution in [0.3, 0.4) is 0 Å². The standard InChI is InChI=1S/C21H19BrN4O3/c1-29-20(27)15-4-2-3-5-16(15)25-21(28)26-11-10-17-18(24-12-23-17)19(26)13-6-8-14(22)9-7-13/h2-9,12,19H,10-11H2,1H3,(H,23,24)(H,25,28)/t19-/m0/s1. The Hall–Kier alpha value is -3.13. The monoisotopic (exact) mass is 454 g/mol. The molecule has 2 amide bonds. The number of rotatable bonds is 3. The SMILES string of the molecule is COC(=O)c1ccccc1NC(=O)N1CCc2[nH]cnc2[C@@H]1c1ccc(Br)cc1. The fourth-order valence-corrected chi connectivity index (χ4v) is 3.81. The Balaban J connectivity index is 1.67. The van der Waals surface area contributed by atoms with Gasteiger partial charge in [0, 0.05) is 23.1 Å². The van der Waals surface area contributed by atoms with E-state index in [9.17, 15) is 9.59 Å². The fraction of sp³-hybridized carbons (Fsp3) is 0.190. The first-order chi connectivity index (χ1) is 14.1. The number of fused-ring (bicyclic) bond motifs is 1. The molecule has 1 aliphatic heterocycles. The average molecular weight is 455 g/mol. The Morgan fingerprint density at radius 2 is 1.97 bits per heavy atom. The third-order valence-electron chi connectivity index (χ3n) is 4.95. The molecule has 29 heavy (non-hydrogen) atoms. The number of nitrogens with zero attached hydrogens (tertiary/aromatic N) is 2. The molecule has 0 saturated carbocycles. The molecule has 8 heteroatoms. The topological polar surface area (TPSA) is 87.3 Å². The molecule has 4 rings (SSSR count). The summed E-state index contributed by atoms with van der Waals surface area (Å²) >= 11 is 3.45. The molecule has 0 aliphatic carbocycles. The van der Waals surface area contributed by atoms with Crippen LogP contribution >= 0.6 is 15.9 Å². The second-order valence-corrected chi connectivity index (χ2v) is 7.55. The van der Waals surface area contributed by atoms with Crippen molar-refractivity contribution in [3.05, 3.63) is 81.8 Å². The van der Waals surface area contributed by atoms with Crippen LogP contribution in [0.2, 0.25) is 0 Å². The molecule has 1 atom stereocenters. The van der Waals surface area contributed by atoms with Crippen LogP contribution in [0.1, 0.15) is 33.4 Å². The van der Waals surface area contributed by atoms with Crippen LogP contribution in [0.15, 0.2) is 59.3 Å². The predicted octanol–water partition coefficient (Wildman–Crippen LogP) is 4.14. The number of carbonyl (C=O) groups is 2. The number of aromatic nitrogens is 2. The number of urea groups is 1. The second kappa shape index (κ2) is 8.08. The number of halogens is 1. The number of benzene rings is 2. The number of amides is 2. The fourth-order valence-electron chi connectivity index (χ4n) is 3.55. The number of methoxy groups -OCH3 is 1. The van der Waals surface area contributed by atoms with Crippen LogP contribution in [0, 0.1) is 0 Å². The molecule has 0 radical (unpaired) electrons. The van der Waals surface area contributed by atoms with E-state index in [2.05, 4.69) is 31.2 Å². The maximum atomic E-state index is 13.2. The molecule has 0 fully saturated rings. The lowest BCUT2D eigenvalue weighted by Crippen LogP contribution is -2.43. The zero-order chi connectivity index (χ0) is 20.4. The van der Waals surface area contributed by atoms with Gasteiger partial charge in [-0.25, -0.2) is 14.6 Å². The van der Waals surface area contributed by atoms with E-state index in [1.54, 1.807) is 35.5 Å². The highest BCUT2D eigenvalue weighted by Gasteiger charge is 2.34. The molecule has 0 saturated heterocycles. The number of hydrogen-bond donors (Lipinski definition) is 2. The molecule has 7 nitrogen and oxygen atoms in total. The van der Waals surface area contributed by atoms with Gasteiger partial charge in [0.2, 0.25) is 0 Å². The van der Waals surface area contributed by atoms with Crippen molar-refractivity contribution < 1.29 is 14.3 Å². The molecule has 3 aromatic rings. The molecule has 2 N–H and O–H groups in total. The Morgan fingerprint density at radius 1 is 1.21 bits per heavy atom. The summed E-state index contributed by atoms with van der Waals surface area (Å²) < 4.78 is 5.78. The van der Waals surface area contributed by atoms with Crippen LogP contribution in [-0.2, 0) is 11.2 Å². The van der Waals surface area contributed by atoms with Crippen LogP contribution in [0.25, 0.3) is 0 Å². The van der Waals surface area contributed by atoms with Crippen molar-refractivity contribution in [3.8, 4) is 0 Å².